The van der Waals surface area contributed by atoms with E-state index < -0.39 is 0 Å². The Labute approximate surface area is 150 Å². The molecule has 3 rings (SSSR count). The number of nitrogens with zero attached hydrogens (tertiary/aromatic N) is 1. The number of aromatic nitrogens is 1. The molecule has 0 aliphatic rings. The fourth-order valence-corrected chi connectivity index (χ4v) is 2.24. The lowest BCUT2D eigenvalue weighted by molar-refractivity contribution is 0.0600. The molecule has 0 spiro atoms. The van der Waals surface area contributed by atoms with E-state index in [0.29, 0.717) is 29.2 Å². The van der Waals surface area contributed by atoms with E-state index in [9.17, 15) is 9.59 Å². The summed E-state index contributed by atoms with van der Waals surface area (Å²) in [5.41, 5.74) is 1.68. The highest BCUT2D eigenvalue weighted by atomic mass is 16.5. The summed E-state index contributed by atoms with van der Waals surface area (Å²) in [6.07, 6.45) is 3.05. The Bertz CT molecular complexity index is 872. The van der Waals surface area contributed by atoms with Crippen LogP contribution >= 0.6 is 0 Å². The third kappa shape index (κ3) is 4.27. The van der Waals surface area contributed by atoms with Gasteiger partial charge in [0.15, 0.2) is 0 Å². The van der Waals surface area contributed by atoms with Crippen molar-refractivity contribution in [2.45, 2.75) is 6.54 Å². The number of ether oxygens (including phenoxy) is 1. The maximum Gasteiger partial charge on any atom is 0.337 e. The van der Waals surface area contributed by atoms with Gasteiger partial charge in [-0.1, -0.05) is 0 Å². The lowest BCUT2D eigenvalue weighted by Gasteiger charge is -2.07. The Morgan fingerprint density at radius 3 is 2.46 bits per heavy atom. The maximum atomic E-state index is 12.1. The van der Waals surface area contributed by atoms with Gasteiger partial charge in [0.2, 0.25) is 0 Å². The first-order valence-electron chi connectivity index (χ1n) is 7.88. The van der Waals surface area contributed by atoms with Crippen LogP contribution in [0.5, 0.6) is 0 Å². The van der Waals surface area contributed by atoms with Gasteiger partial charge in [0.05, 0.1) is 31.0 Å². The zero-order valence-corrected chi connectivity index (χ0v) is 14.1. The number of nitrogens with one attached hydrogen (secondary N) is 2. The summed E-state index contributed by atoms with van der Waals surface area (Å²) in [6.45, 7) is 0.318. The van der Waals surface area contributed by atoms with E-state index >= 15 is 0 Å². The van der Waals surface area contributed by atoms with Gasteiger partial charge in [-0.15, -0.1) is 0 Å². The average Bonchev–Trinajstić information content (AvgIpc) is 3.20. The SMILES string of the molecule is COC(=O)c1ccc(Nc2ccc(C(=O)NCc3ccco3)cn2)cc1. The van der Waals surface area contributed by atoms with Crippen LogP contribution in [0.1, 0.15) is 26.5 Å². The number of methoxy groups -OCH3 is 1. The Morgan fingerprint density at radius 1 is 1.08 bits per heavy atom. The molecule has 0 atom stereocenters. The van der Waals surface area contributed by atoms with Gasteiger partial charge in [-0.3, -0.25) is 4.79 Å². The number of esters is 1. The van der Waals surface area contributed by atoms with Gasteiger partial charge in [-0.2, -0.15) is 0 Å². The van der Waals surface area contributed by atoms with Gasteiger partial charge >= 0.3 is 5.97 Å². The number of anilines is 2. The molecule has 132 valence electrons. The van der Waals surface area contributed by atoms with Crippen LogP contribution in [-0.2, 0) is 11.3 Å². The lowest BCUT2D eigenvalue weighted by Crippen LogP contribution is -2.22. The molecule has 0 aliphatic carbocycles. The monoisotopic (exact) mass is 351 g/mol. The summed E-state index contributed by atoms with van der Waals surface area (Å²) < 4.78 is 9.82. The van der Waals surface area contributed by atoms with Crippen molar-refractivity contribution in [3.8, 4) is 0 Å². The second-order valence-corrected chi connectivity index (χ2v) is 5.39. The number of carbonyl (C=O) groups excluding carboxylic acids is 2. The van der Waals surface area contributed by atoms with Crippen molar-refractivity contribution in [1.82, 2.24) is 10.3 Å². The van der Waals surface area contributed by atoms with Gasteiger partial charge in [0.25, 0.3) is 5.91 Å². The number of hydrogen-bond acceptors (Lipinski definition) is 6. The first-order valence-corrected chi connectivity index (χ1v) is 7.88. The normalized spacial score (nSPS) is 10.2. The number of hydrogen-bond donors (Lipinski definition) is 2. The Kier molecular flexibility index (Phi) is 5.28. The Balaban J connectivity index is 1.58. The van der Waals surface area contributed by atoms with Gasteiger partial charge in [0.1, 0.15) is 11.6 Å². The van der Waals surface area contributed by atoms with E-state index in [1.807, 2.05) is 0 Å². The first kappa shape index (κ1) is 17.2. The molecule has 1 amide bonds. The molecule has 26 heavy (non-hydrogen) atoms. The molecule has 2 aromatic heterocycles. The molecular formula is C19H17N3O4. The van der Waals surface area contributed by atoms with E-state index in [4.69, 9.17) is 4.42 Å². The second-order valence-electron chi connectivity index (χ2n) is 5.39. The standard InChI is InChI=1S/C19H17N3O4/c1-25-19(24)13-4-7-15(8-5-13)22-17-9-6-14(11-20-17)18(23)21-12-16-3-2-10-26-16/h2-11H,12H2,1H3,(H,20,22)(H,21,23). The summed E-state index contributed by atoms with van der Waals surface area (Å²) in [5, 5.41) is 5.85. The van der Waals surface area contributed by atoms with Crippen LogP contribution in [0.15, 0.2) is 65.4 Å². The zero-order chi connectivity index (χ0) is 18.4. The molecule has 3 aromatic rings. The summed E-state index contributed by atoms with van der Waals surface area (Å²) >= 11 is 0. The predicted octanol–water partition coefficient (Wildman–Crippen LogP) is 3.13. The number of amides is 1. The largest absolute Gasteiger partial charge is 0.467 e. The van der Waals surface area contributed by atoms with Crippen LogP contribution in [0.4, 0.5) is 11.5 Å². The zero-order valence-electron chi connectivity index (χ0n) is 14.1. The van der Waals surface area contributed by atoms with Gasteiger partial charge in [-0.05, 0) is 48.5 Å². The average molecular weight is 351 g/mol. The van der Waals surface area contributed by atoms with E-state index in [2.05, 4.69) is 20.4 Å². The van der Waals surface area contributed by atoms with Gasteiger partial charge < -0.3 is 19.8 Å². The molecule has 0 bridgehead atoms. The molecule has 0 radical (unpaired) electrons. The van der Waals surface area contributed by atoms with Crippen LogP contribution in [0, 0.1) is 0 Å². The molecule has 0 saturated heterocycles. The van der Waals surface area contributed by atoms with E-state index in [-0.39, 0.29) is 11.9 Å². The molecule has 7 heteroatoms. The minimum Gasteiger partial charge on any atom is -0.467 e. The van der Waals surface area contributed by atoms with Crippen molar-refractivity contribution in [1.29, 1.82) is 0 Å². The topological polar surface area (TPSA) is 93.5 Å². The molecule has 0 fully saturated rings. The van der Waals surface area contributed by atoms with Crippen molar-refractivity contribution in [3.63, 3.8) is 0 Å². The molecule has 0 unspecified atom stereocenters. The van der Waals surface area contributed by atoms with E-state index in [1.165, 1.54) is 13.3 Å². The molecular weight excluding hydrogens is 334 g/mol. The van der Waals surface area contributed by atoms with Gasteiger partial charge in [-0.25, -0.2) is 9.78 Å². The molecule has 2 N–H and O–H groups in total. The maximum absolute atomic E-state index is 12.1. The number of carbonyl (C=O) groups is 2. The molecule has 1 aromatic carbocycles. The van der Waals surface area contributed by atoms with Crippen LogP contribution in [-0.4, -0.2) is 24.0 Å². The minimum atomic E-state index is -0.389. The molecule has 0 saturated carbocycles. The fraction of sp³-hybridized carbons (Fsp3) is 0.105. The smallest absolute Gasteiger partial charge is 0.337 e. The highest BCUT2D eigenvalue weighted by Gasteiger charge is 2.08. The predicted molar refractivity (Wildman–Crippen MR) is 95.2 cm³/mol. The summed E-state index contributed by atoms with van der Waals surface area (Å²) in [6, 6.07) is 13.7. The summed E-state index contributed by atoms with van der Waals surface area (Å²) in [5.74, 6) is 0.640. The van der Waals surface area contributed by atoms with Crippen LogP contribution in [0.25, 0.3) is 0 Å². The second kappa shape index (κ2) is 7.98. The van der Waals surface area contributed by atoms with E-state index in [1.54, 1.807) is 54.8 Å². The molecule has 2 heterocycles. The molecule has 7 nitrogen and oxygen atoms in total. The summed E-state index contributed by atoms with van der Waals surface area (Å²) in [4.78, 5) is 27.7. The third-order valence-corrected chi connectivity index (χ3v) is 3.61. The van der Waals surface area contributed by atoms with Gasteiger partial charge in [0, 0.05) is 11.9 Å². The van der Waals surface area contributed by atoms with Crippen molar-refractivity contribution in [2.24, 2.45) is 0 Å². The first-order chi connectivity index (χ1) is 12.7. The van der Waals surface area contributed by atoms with Crippen LogP contribution in [0.2, 0.25) is 0 Å². The fourth-order valence-electron chi connectivity index (χ4n) is 2.24. The lowest BCUT2D eigenvalue weighted by atomic mass is 10.2. The number of rotatable bonds is 6. The Morgan fingerprint density at radius 2 is 1.85 bits per heavy atom. The summed E-state index contributed by atoms with van der Waals surface area (Å²) in [7, 11) is 1.34. The van der Waals surface area contributed by atoms with Crippen molar-refractivity contribution >= 4 is 23.4 Å². The van der Waals surface area contributed by atoms with E-state index in [0.717, 1.165) is 5.69 Å². The van der Waals surface area contributed by atoms with Crippen molar-refractivity contribution in [3.05, 3.63) is 77.9 Å². The third-order valence-electron chi connectivity index (χ3n) is 3.61. The minimum absolute atomic E-state index is 0.233. The van der Waals surface area contributed by atoms with Crippen LogP contribution in [0.3, 0.4) is 0 Å². The highest BCUT2D eigenvalue weighted by Crippen LogP contribution is 2.16. The van der Waals surface area contributed by atoms with Crippen LogP contribution < -0.4 is 10.6 Å². The quantitative estimate of drug-likeness (QED) is 0.663. The van der Waals surface area contributed by atoms with Crippen molar-refractivity contribution < 1.29 is 18.7 Å². The highest BCUT2D eigenvalue weighted by molar-refractivity contribution is 5.94. The van der Waals surface area contributed by atoms with Crippen molar-refractivity contribution in [2.75, 3.05) is 12.4 Å². The molecule has 0 aliphatic heterocycles. The Hall–Kier alpha value is -3.61. The number of pyridine rings is 1. The number of benzene rings is 1. The number of furan rings is 1.